The normalized spacial score (nSPS) is 10.8. The minimum absolute atomic E-state index is 0.660. The molecule has 0 aliphatic heterocycles. The second-order valence-electron chi connectivity index (χ2n) is 3.41. The Bertz CT molecular complexity index is 432. The van der Waals surface area contributed by atoms with Crippen LogP contribution in [0.15, 0.2) is 18.0 Å². The van der Waals surface area contributed by atoms with Crippen LogP contribution in [0.3, 0.4) is 0 Å². The molecule has 0 amide bonds. The molecule has 0 saturated carbocycles. The quantitative estimate of drug-likeness (QED) is 0.845. The maximum absolute atomic E-state index is 5.54. The number of nitrogens with zero attached hydrogens (tertiary/aromatic N) is 3. The second kappa shape index (κ2) is 4.55. The lowest BCUT2D eigenvalue weighted by atomic mass is 10.3. The molecule has 2 heterocycles. The molecule has 2 rings (SSSR count). The molecule has 0 aliphatic rings. The van der Waals surface area contributed by atoms with Gasteiger partial charge < -0.3 is 10.3 Å². The van der Waals surface area contributed by atoms with E-state index in [1.165, 1.54) is 10.6 Å². The molecular formula is C10H14N4S. The minimum atomic E-state index is 0.660. The van der Waals surface area contributed by atoms with Crippen molar-refractivity contribution >= 4 is 11.3 Å². The number of hydrogen-bond acceptors (Lipinski definition) is 4. The topological polar surface area (TPSA) is 56.7 Å². The third kappa shape index (κ3) is 2.24. The van der Waals surface area contributed by atoms with Crippen LogP contribution in [0.25, 0.3) is 0 Å². The van der Waals surface area contributed by atoms with Crippen molar-refractivity contribution < 1.29 is 0 Å². The summed E-state index contributed by atoms with van der Waals surface area (Å²) in [7, 11) is 0. The number of thiazole rings is 1. The molecule has 0 radical (unpaired) electrons. The number of hydrogen-bond donors (Lipinski definition) is 1. The molecule has 2 aromatic rings. The Kier molecular flexibility index (Phi) is 3.13. The van der Waals surface area contributed by atoms with Crippen molar-refractivity contribution in [3.05, 3.63) is 34.3 Å². The van der Waals surface area contributed by atoms with Crippen LogP contribution in [0, 0.1) is 6.92 Å². The van der Waals surface area contributed by atoms with E-state index < -0.39 is 0 Å². The Morgan fingerprint density at radius 3 is 3.07 bits per heavy atom. The van der Waals surface area contributed by atoms with Gasteiger partial charge in [-0.15, -0.1) is 11.3 Å². The first kappa shape index (κ1) is 10.3. The first-order valence-electron chi connectivity index (χ1n) is 4.89. The first-order chi connectivity index (χ1) is 7.31. The SMILES string of the molecule is Cc1ncsc1Cn1cncc1CCN. The smallest absolute Gasteiger partial charge is 0.0951 e. The van der Waals surface area contributed by atoms with Gasteiger partial charge >= 0.3 is 0 Å². The van der Waals surface area contributed by atoms with Gasteiger partial charge in [-0.1, -0.05) is 0 Å². The fourth-order valence-electron chi connectivity index (χ4n) is 1.48. The molecule has 0 spiro atoms. The number of aromatic nitrogens is 3. The number of rotatable bonds is 4. The maximum Gasteiger partial charge on any atom is 0.0951 e. The minimum Gasteiger partial charge on any atom is -0.330 e. The van der Waals surface area contributed by atoms with Gasteiger partial charge in [0.2, 0.25) is 0 Å². The summed E-state index contributed by atoms with van der Waals surface area (Å²) < 4.78 is 2.13. The largest absolute Gasteiger partial charge is 0.330 e. The third-order valence-corrected chi connectivity index (χ3v) is 3.28. The molecule has 0 saturated heterocycles. The lowest BCUT2D eigenvalue weighted by molar-refractivity contribution is 0.737. The van der Waals surface area contributed by atoms with Crippen LogP contribution >= 0.6 is 11.3 Å². The zero-order valence-corrected chi connectivity index (χ0v) is 9.50. The van der Waals surface area contributed by atoms with Crippen LogP contribution in [0.1, 0.15) is 16.3 Å². The van der Waals surface area contributed by atoms with Crippen LogP contribution in [0.5, 0.6) is 0 Å². The van der Waals surface area contributed by atoms with Crippen molar-refractivity contribution in [2.45, 2.75) is 19.9 Å². The molecule has 0 atom stereocenters. The Morgan fingerprint density at radius 1 is 1.53 bits per heavy atom. The van der Waals surface area contributed by atoms with Gasteiger partial charge in [0.05, 0.1) is 24.1 Å². The van der Waals surface area contributed by atoms with E-state index in [0.717, 1.165) is 18.7 Å². The van der Waals surface area contributed by atoms with Gasteiger partial charge in [0.15, 0.2) is 0 Å². The molecule has 15 heavy (non-hydrogen) atoms. The van der Waals surface area contributed by atoms with E-state index in [0.29, 0.717) is 6.54 Å². The molecule has 2 N–H and O–H groups in total. The summed E-state index contributed by atoms with van der Waals surface area (Å²) in [4.78, 5) is 9.66. The highest BCUT2D eigenvalue weighted by Gasteiger charge is 2.05. The zero-order valence-electron chi connectivity index (χ0n) is 8.68. The van der Waals surface area contributed by atoms with E-state index in [1.54, 1.807) is 11.3 Å². The van der Waals surface area contributed by atoms with Crippen molar-refractivity contribution in [1.29, 1.82) is 0 Å². The highest BCUT2D eigenvalue weighted by Crippen LogP contribution is 2.14. The molecular weight excluding hydrogens is 208 g/mol. The Labute approximate surface area is 92.8 Å². The molecule has 0 fully saturated rings. The van der Waals surface area contributed by atoms with E-state index in [9.17, 15) is 0 Å². The Hall–Kier alpha value is -1.20. The first-order valence-corrected chi connectivity index (χ1v) is 5.77. The van der Waals surface area contributed by atoms with Gasteiger partial charge in [0, 0.05) is 23.2 Å². The van der Waals surface area contributed by atoms with Gasteiger partial charge in [-0.3, -0.25) is 0 Å². The van der Waals surface area contributed by atoms with Crippen molar-refractivity contribution in [3.8, 4) is 0 Å². The summed E-state index contributed by atoms with van der Waals surface area (Å²) in [5.41, 5.74) is 9.71. The molecule has 5 heteroatoms. The van der Waals surface area contributed by atoms with Crippen LogP contribution < -0.4 is 5.73 Å². The van der Waals surface area contributed by atoms with Crippen LogP contribution in [-0.4, -0.2) is 21.1 Å². The van der Waals surface area contributed by atoms with Crippen LogP contribution in [-0.2, 0) is 13.0 Å². The fourth-order valence-corrected chi connectivity index (χ4v) is 2.25. The van der Waals surface area contributed by atoms with E-state index >= 15 is 0 Å². The fraction of sp³-hybridized carbons (Fsp3) is 0.400. The molecule has 0 aromatic carbocycles. The van der Waals surface area contributed by atoms with Crippen molar-refractivity contribution in [2.24, 2.45) is 5.73 Å². The average molecular weight is 222 g/mol. The van der Waals surface area contributed by atoms with Crippen molar-refractivity contribution in [3.63, 3.8) is 0 Å². The number of aryl methyl sites for hydroxylation is 1. The summed E-state index contributed by atoms with van der Waals surface area (Å²) in [6, 6.07) is 0. The van der Waals surface area contributed by atoms with E-state index in [1.807, 2.05) is 25.0 Å². The lowest BCUT2D eigenvalue weighted by Gasteiger charge is -2.05. The van der Waals surface area contributed by atoms with E-state index in [2.05, 4.69) is 14.5 Å². The van der Waals surface area contributed by atoms with Gasteiger partial charge in [-0.25, -0.2) is 9.97 Å². The van der Waals surface area contributed by atoms with Crippen molar-refractivity contribution in [2.75, 3.05) is 6.54 Å². The summed E-state index contributed by atoms with van der Waals surface area (Å²) in [5, 5.41) is 0. The highest BCUT2D eigenvalue weighted by atomic mass is 32.1. The summed E-state index contributed by atoms with van der Waals surface area (Å²) in [6.45, 7) is 3.55. The van der Waals surface area contributed by atoms with E-state index in [-0.39, 0.29) is 0 Å². The molecule has 0 bridgehead atoms. The zero-order chi connectivity index (χ0) is 10.7. The third-order valence-electron chi connectivity index (χ3n) is 2.36. The number of nitrogens with two attached hydrogens (primary N) is 1. The standard InChI is InChI=1S/C10H14N4S/c1-8-10(15-7-13-8)5-14-6-12-4-9(14)2-3-11/h4,6-7H,2-3,5,11H2,1H3. The molecule has 0 unspecified atom stereocenters. The summed E-state index contributed by atoms with van der Waals surface area (Å²) >= 11 is 1.68. The van der Waals surface area contributed by atoms with Crippen molar-refractivity contribution in [1.82, 2.24) is 14.5 Å². The molecule has 4 nitrogen and oxygen atoms in total. The summed E-state index contributed by atoms with van der Waals surface area (Å²) in [5.74, 6) is 0. The predicted octanol–water partition coefficient (Wildman–Crippen LogP) is 1.20. The maximum atomic E-state index is 5.54. The summed E-state index contributed by atoms with van der Waals surface area (Å²) in [6.07, 6.45) is 4.60. The monoisotopic (exact) mass is 222 g/mol. The van der Waals surface area contributed by atoms with Gasteiger partial charge in [-0.05, 0) is 13.5 Å². The lowest BCUT2D eigenvalue weighted by Crippen LogP contribution is -2.09. The van der Waals surface area contributed by atoms with E-state index in [4.69, 9.17) is 5.73 Å². The Morgan fingerprint density at radius 2 is 2.40 bits per heavy atom. The molecule has 0 aliphatic carbocycles. The van der Waals surface area contributed by atoms with Gasteiger partial charge in [0.25, 0.3) is 0 Å². The molecule has 2 aromatic heterocycles. The van der Waals surface area contributed by atoms with Gasteiger partial charge in [-0.2, -0.15) is 0 Å². The van der Waals surface area contributed by atoms with Crippen LogP contribution in [0.4, 0.5) is 0 Å². The predicted molar refractivity (Wildman–Crippen MR) is 60.9 cm³/mol. The molecule has 80 valence electrons. The van der Waals surface area contributed by atoms with Gasteiger partial charge in [0.1, 0.15) is 0 Å². The number of imidazole rings is 1. The average Bonchev–Trinajstić information content (AvgIpc) is 2.80. The highest BCUT2D eigenvalue weighted by molar-refractivity contribution is 7.09. The van der Waals surface area contributed by atoms with Crippen LogP contribution in [0.2, 0.25) is 0 Å². The second-order valence-corrected chi connectivity index (χ2v) is 4.35. The Balaban J connectivity index is 2.17.